The monoisotopic (exact) mass is 1070 g/mol. The quantitative estimate of drug-likeness (QED) is 0.00996. The Labute approximate surface area is 458 Å². The number of hydrogen-bond donors (Lipinski definition) is 5. The summed E-state index contributed by atoms with van der Waals surface area (Å²) in [7, 11) is 4.57. The number of amides is 4. The third-order valence-corrected chi connectivity index (χ3v) is 12.7. The molecule has 0 aliphatic carbocycles. The Morgan fingerprint density at radius 2 is 1.38 bits per heavy atom. The lowest BCUT2D eigenvalue weighted by Gasteiger charge is -2.27. The van der Waals surface area contributed by atoms with Gasteiger partial charge in [-0.25, -0.2) is 0 Å². The highest BCUT2D eigenvalue weighted by Crippen LogP contribution is 2.34. The number of unbranched alkanes of at least 4 members (excludes halogenated alkanes) is 1. The molecule has 4 amide bonds. The van der Waals surface area contributed by atoms with E-state index in [1.54, 1.807) is 63.2 Å². The SMILES string of the molecule is CCc1cc(OCCCCN=[N+]=[N-])ccc1-c1ccc(C[C@H](NC(=O)[C@@H](N)CC(=O)OC(C)(C)C)C(=O)N[C@@H](CCCc2cc(C)cc(C)c2)C(=O)NC(c2ccc(OCC(=O)NC)cc2)c2ccc(OC)cc2OC)cc1. The summed E-state index contributed by atoms with van der Waals surface area (Å²) in [5, 5.41) is 15.1. The number of likely N-dealkylation sites (N-methyl/N-ethyl adjacent to an activating group) is 1. The van der Waals surface area contributed by atoms with Crippen LogP contribution in [0.1, 0.15) is 105 Å². The molecule has 5 aromatic rings. The fraction of sp³-hybridized carbons (Fsp3) is 0.417. The molecule has 0 heterocycles. The number of nitrogens with zero attached hydrogens (tertiary/aromatic N) is 3. The molecule has 0 spiro atoms. The van der Waals surface area contributed by atoms with Gasteiger partial charge in [0.05, 0.1) is 39.3 Å². The van der Waals surface area contributed by atoms with Crippen molar-refractivity contribution >= 4 is 29.6 Å². The Hall–Kier alpha value is -8.08. The van der Waals surface area contributed by atoms with Gasteiger partial charge in [-0.3, -0.25) is 24.0 Å². The number of carbonyl (C=O) groups is 5. The maximum atomic E-state index is 15.0. The first-order chi connectivity index (χ1) is 37.3. The van der Waals surface area contributed by atoms with Crippen LogP contribution in [0.5, 0.6) is 23.0 Å². The molecule has 416 valence electrons. The lowest BCUT2D eigenvalue weighted by molar-refractivity contribution is -0.156. The number of nitrogens with two attached hydrogens (primary N) is 1. The zero-order valence-electron chi connectivity index (χ0n) is 46.4. The highest BCUT2D eigenvalue weighted by molar-refractivity contribution is 5.94. The largest absolute Gasteiger partial charge is 0.497 e. The molecular weight excluding hydrogens is 993 g/mol. The first-order valence-electron chi connectivity index (χ1n) is 26.3. The molecular formula is C60H76N8O10. The fourth-order valence-electron chi connectivity index (χ4n) is 8.84. The van der Waals surface area contributed by atoms with E-state index in [-0.39, 0.29) is 25.4 Å². The number of hydrogen-bond acceptors (Lipinski definition) is 12. The summed E-state index contributed by atoms with van der Waals surface area (Å²) in [6.07, 6.45) is 3.09. The van der Waals surface area contributed by atoms with Gasteiger partial charge in [-0.1, -0.05) is 83.8 Å². The maximum absolute atomic E-state index is 15.0. The van der Waals surface area contributed by atoms with Gasteiger partial charge in [-0.2, -0.15) is 0 Å². The minimum Gasteiger partial charge on any atom is -0.497 e. The Kier molecular flexibility index (Phi) is 23.4. The normalized spacial score (nSPS) is 12.6. The van der Waals surface area contributed by atoms with Crippen LogP contribution in [0.3, 0.4) is 0 Å². The van der Waals surface area contributed by atoms with Gasteiger partial charge >= 0.3 is 5.97 Å². The Bertz CT molecular complexity index is 2840. The molecule has 0 aliphatic rings. The third kappa shape index (κ3) is 19.2. The van der Waals surface area contributed by atoms with Crippen LogP contribution in [0, 0.1) is 13.8 Å². The summed E-state index contributed by atoms with van der Waals surface area (Å²) >= 11 is 0. The minimum absolute atomic E-state index is 0.00101. The van der Waals surface area contributed by atoms with E-state index in [9.17, 15) is 19.2 Å². The molecule has 18 heteroatoms. The Morgan fingerprint density at radius 3 is 2.03 bits per heavy atom. The number of rotatable bonds is 29. The number of nitrogens with one attached hydrogen (secondary N) is 4. The van der Waals surface area contributed by atoms with Crippen LogP contribution >= 0.6 is 0 Å². The Morgan fingerprint density at radius 1 is 0.718 bits per heavy atom. The molecule has 0 saturated heterocycles. The summed E-state index contributed by atoms with van der Waals surface area (Å²) in [5.74, 6) is -0.784. The number of aryl methyl sites for hydroxylation is 4. The second-order valence-electron chi connectivity index (χ2n) is 20.1. The van der Waals surface area contributed by atoms with Gasteiger partial charge in [0, 0.05) is 36.6 Å². The first-order valence-corrected chi connectivity index (χ1v) is 26.3. The zero-order valence-corrected chi connectivity index (χ0v) is 46.4. The van der Waals surface area contributed by atoms with Crippen molar-refractivity contribution in [3.63, 3.8) is 0 Å². The zero-order chi connectivity index (χ0) is 56.8. The Balaban J connectivity index is 1.48. The molecule has 0 bridgehead atoms. The van der Waals surface area contributed by atoms with Gasteiger partial charge < -0.3 is 50.7 Å². The van der Waals surface area contributed by atoms with Crippen molar-refractivity contribution in [3.05, 3.63) is 153 Å². The number of benzene rings is 5. The fourth-order valence-corrected chi connectivity index (χ4v) is 8.84. The van der Waals surface area contributed by atoms with Crippen molar-refractivity contribution in [2.75, 3.05) is 41.0 Å². The highest BCUT2D eigenvalue weighted by Gasteiger charge is 2.32. The van der Waals surface area contributed by atoms with Crippen LogP contribution < -0.4 is 45.9 Å². The molecule has 1 unspecified atom stereocenters. The number of ether oxygens (including phenoxy) is 5. The standard InChI is InChI=1S/C60H76N8O10/c1-10-42-34-47(76-29-12-11-28-64-68-62)25-26-48(42)43-18-16-40(17-19-43)33-52(66-57(71)50(61)36-55(70)78-60(4,5)6)59(73)65-51(15-13-14-41-31-38(2)30-39(3)32-41)58(72)67-56(49-27-24-46(74-8)35-53(49)75-9)44-20-22-45(23-21-44)77-37-54(69)63-7/h16-27,30-32,34-35,50-52,56H,10-15,28-29,33,36-37,61H2,1-9H3,(H,63,69)(H,65,73)(H,66,71)(H,67,72)/t50-,51-,52-,56?/m0/s1. The van der Waals surface area contributed by atoms with E-state index >= 15 is 4.79 Å². The lowest BCUT2D eigenvalue weighted by Crippen LogP contribution is -2.57. The van der Waals surface area contributed by atoms with Crippen LogP contribution in [-0.2, 0) is 48.0 Å². The summed E-state index contributed by atoms with van der Waals surface area (Å²) in [6, 6.07) is 27.5. The van der Waals surface area contributed by atoms with Crippen LogP contribution in [0.15, 0.2) is 108 Å². The average Bonchev–Trinajstić information content (AvgIpc) is 3.42. The number of carbonyl (C=O) groups excluding carboxylic acids is 5. The van der Waals surface area contributed by atoms with Crippen LogP contribution in [0.25, 0.3) is 21.6 Å². The van der Waals surface area contributed by atoms with E-state index in [4.69, 9.17) is 34.9 Å². The molecule has 4 atom stereocenters. The van der Waals surface area contributed by atoms with Gasteiger partial charge in [-0.15, -0.1) is 0 Å². The molecule has 0 aliphatic heterocycles. The average molecular weight is 1070 g/mol. The van der Waals surface area contributed by atoms with Crippen molar-refractivity contribution < 1.29 is 47.7 Å². The number of methoxy groups -OCH3 is 2. The summed E-state index contributed by atoms with van der Waals surface area (Å²) < 4.78 is 28.4. The molecule has 0 radical (unpaired) electrons. The van der Waals surface area contributed by atoms with Gasteiger partial charge in [0.1, 0.15) is 40.7 Å². The molecule has 0 aromatic heterocycles. The van der Waals surface area contributed by atoms with Gasteiger partial charge in [0.25, 0.3) is 5.91 Å². The predicted molar refractivity (Wildman–Crippen MR) is 300 cm³/mol. The minimum atomic E-state index is -1.35. The van der Waals surface area contributed by atoms with E-state index in [0.717, 1.165) is 58.4 Å². The number of azide groups is 1. The molecule has 5 rings (SSSR count). The highest BCUT2D eigenvalue weighted by atomic mass is 16.6. The summed E-state index contributed by atoms with van der Waals surface area (Å²) in [6.45, 7) is 12.0. The molecule has 78 heavy (non-hydrogen) atoms. The summed E-state index contributed by atoms with van der Waals surface area (Å²) in [5.41, 5.74) is 22.2. The third-order valence-electron chi connectivity index (χ3n) is 12.7. The smallest absolute Gasteiger partial charge is 0.308 e. The van der Waals surface area contributed by atoms with Crippen molar-refractivity contribution in [2.24, 2.45) is 10.8 Å². The lowest BCUT2D eigenvalue weighted by atomic mass is 9.95. The molecule has 0 fully saturated rings. The molecule has 18 nitrogen and oxygen atoms in total. The number of esters is 1. The van der Waals surface area contributed by atoms with Crippen molar-refractivity contribution in [1.29, 1.82) is 0 Å². The summed E-state index contributed by atoms with van der Waals surface area (Å²) in [4.78, 5) is 71.5. The van der Waals surface area contributed by atoms with E-state index in [0.29, 0.717) is 59.9 Å². The van der Waals surface area contributed by atoms with Crippen molar-refractivity contribution in [1.82, 2.24) is 21.3 Å². The van der Waals surface area contributed by atoms with Crippen molar-refractivity contribution in [3.8, 4) is 34.1 Å². The molecule has 5 aromatic carbocycles. The predicted octanol–water partition coefficient (Wildman–Crippen LogP) is 8.64. The van der Waals surface area contributed by atoms with E-state index < -0.39 is 59.9 Å². The van der Waals surface area contributed by atoms with Crippen LogP contribution in [0.2, 0.25) is 0 Å². The first kappa shape index (κ1) is 60.8. The van der Waals surface area contributed by atoms with E-state index in [2.05, 4.69) is 56.4 Å². The molecule has 6 N–H and O–H groups in total. The second-order valence-corrected chi connectivity index (χ2v) is 20.1. The van der Waals surface area contributed by atoms with Crippen LogP contribution in [-0.4, -0.2) is 94.4 Å². The van der Waals surface area contributed by atoms with E-state index in [1.165, 1.54) is 21.3 Å². The van der Waals surface area contributed by atoms with E-state index in [1.807, 2.05) is 56.3 Å². The molecule has 0 saturated carbocycles. The maximum Gasteiger partial charge on any atom is 0.308 e. The second kappa shape index (κ2) is 30.0. The van der Waals surface area contributed by atoms with Gasteiger partial charge in [0.2, 0.25) is 17.7 Å². The van der Waals surface area contributed by atoms with Crippen LogP contribution in [0.4, 0.5) is 0 Å². The van der Waals surface area contributed by atoms with Gasteiger partial charge in [0.15, 0.2) is 6.61 Å². The topological polar surface area (TPSA) is 254 Å². The van der Waals surface area contributed by atoms with Gasteiger partial charge in [-0.05, 0) is 148 Å². The van der Waals surface area contributed by atoms with Crippen molar-refractivity contribution in [2.45, 2.75) is 123 Å².